The summed E-state index contributed by atoms with van der Waals surface area (Å²) in [5.41, 5.74) is 0. The Morgan fingerprint density at radius 2 is 2.05 bits per heavy atom. The molecule has 1 aromatic heterocycles. The van der Waals surface area contributed by atoms with E-state index in [2.05, 4.69) is 10.3 Å². The molecule has 1 N–H and O–H groups in total. The minimum absolute atomic E-state index is 0.0460. The van der Waals surface area contributed by atoms with Crippen LogP contribution in [0, 0.1) is 0 Å². The van der Waals surface area contributed by atoms with E-state index in [0.717, 1.165) is 25.9 Å². The molecular formula is C13H17N3O3. The number of hydrogen-bond donors (Lipinski definition) is 1. The Balaban J connectivity index is 1.65. The number of anilines is 1. The number of carbonyl (C=O) groups is 2. The van der Waals surface area contributed by atoms with Gasteiger partial charge in [0.2, 0.25) is 5.91 Å². The molecule has 0 saturated carbocycles. The third-order valence-corrected chi connectivity index (χ3v) is 2.85. The molecule has 0 atom stereocenters. The average Bonchev–Trinajstić information content (AvgIpc) is 2.93. The number of aromatic nitrogens is 1. The minimum atomic E-state index is -0.312. The molecule has 1 aliphatic rings. The van der Waals surface area contributed by atoms with E-state index < -0.39 is 0 Å². The number of pyridine rings is 1. The van der Waals surface area contributed by atoms with Gasteiger partial charge in [-0.1, -0.05) is 6.07 Å². The van der Waals surface area contributed by atoms with Crippen LogP contribution in [0.15, 0.2) is 24.4 Å². The van der Waals surface area contributed by atoms with Gasteiger partial charge in [0.05, 0.1) is 0 Å². The maximum absolute atomic E-state index is 11.6. The topological polar surface area (TPSA) is 71.5 Å². The lowest BCUT2D eigenvalue weighted by molar-refractivity contribution is -0.136. The molecule has 0 spiro atoms. The van der Waals surface area contributed by atoms with Crippen LogP contribution in [0.5, 0.6) is 0 Å². The van der Waals surface area contributed by atoms with Crippen molar-refractivity contribution >= 4 is 17.6 Å². The lowest BCUT2D eigenvalue weighted by atomic mass is 10.4. The normalized spacial score (nSPS) is 14.4. The minimum Gasteiger partial charge on any atom is -0.362 e. The highest BCUT2D eigenvalue weighted by atomic mass is 16.5. The second kappa shape index (κ2) is 6.84. The SMILES string of the molecule is O=C(COCC(=O)N1CCCC1)Nc1ccccn1. The van der Waals surface area contributed by atoms with E-state index in [9.17, 15) is 9.59 Å². The van der Waals surface area contributed by atoms with Crippen molar-refractivity contribution in [2.75, 3.05) is 31.6 Å². The van der Waals surface area contributed by atoms with Crippen LogP contribution >= 0.6 is 0 Å². The van der Waals surface area contributed by atoms with Crippen molar-refractivity contribution in [3.05, 3.63) is 24.4 Å². The van der Waals surface area contributed by atoms with E-state index in [1.54, 1.807) is 29.3 Å². The van der Waals surface area contributed by atoms with Crippen LogP contribution in [0.25, 0.3) is 0 Å². The summed E-state index contributed by atoms with van der Waals surface area (Å²) in [6.07, 6.45) is 3.69. The van der Waals surface area contributed by atoms with Crippen molar-refractivity contribution in [3.63, 3.8) is 0 Å². The molecular weight excluding hydrogens is 246 g/mol. The molecule has 2 rings (SSSR count). The summed E-state index contributed by atoms with van der Waals surface area (Å²) in [6.45, 7) is 1.40. The number of rotatable bonds is 5. The summed E-state index contributed by atoms with van der Waals surface area (Å²) in [4.78, 5) is 28.9. The predicted octanol–water partition coefficient (Wildman–Crippen LogP) is 0.659. The molecule has 0 radical (unpaired) electrons. The highest BCUT2D eigenvalue weighted by molar-refractivity contribution is 5.90. The van der Waals surface area contributed by atoms with E-state index in [4.69, 9.17) is 4.74 Å². The fourth-order valence-corrected chi connectivity index (χ4v) is 1.90. The number of hydrogen-bond acceptors (Lipinski definition) is 4. The molecule has 0 aliphatic carbocycles. The monoisotopic (exact) mass is 263 g/mol. The second-order valence-electron chi connectivity index (χ2n) is 4.34. The van der Waals surface area contributed by atoms with Crippen molar-refractivity contribution in [1.29, 1.82) is 0 Å². The molecule has 19 heavy (non-hydrogen) atoms. The third-order valence-electron chi connectivity index (χ3n) is 2.85. The number of amides is 2. The molecule has 1 saturated heterocycles. The molecule has 1 aliphatic heterocycles. The fraction of sp³-hybridized carbons (Fsp3) is 0.462. The van der Waals surface area contributed by atoms with Crippen LogP contribution in [-0.2, 0) is 14.3 Å². The first-order valence-electron chi connectivity index (χ1n) is 6.32. The van der Waals surface area contributed by atoms with Crippen molar-refractivity contribution in [2.45, 2.75) is 12.8 Å². The van der Waals surface area contributed by atoms with Gasteiger partial charge < -0.3 is 15.0 Å². The van der Waals surface area contributed by atoms with E-state index in [1.165, 1.54) is 0 Å². The molecule has 2 amide bonds. The van der Waals surface area contributed by atoms with Crippen molar-refractivity contribution in [2.24, 2.45) is 0 Å². The summed E-state index contributed by atoms with van der Waals surface area (Å²) in [5.74, 6) is 0.109. The number of nitrogens with zero attached hydrogens (tertiary/aromatic N) is 2. The van der Waals surface area contributed by atoms with Gasteiger partial charge in [0.1, 0.15) is 19.0 Å². The Morgan fingerprint density at radius 3 is 2.74 bits per heavy atom. The van der Waals surface area contributed by atoms with E-state index in [0.29, 0.717) is 5.82 Å². The van der Waals surface area contributed by atoms with Gasteiger partial charge in [0, 0.05) is 19.3 Å². The van der Waals surface area contributed by atoms with E-state index >= 15 is 0 Å². The zero-order chi connectivity index (χ0) is 13.5. The molecule has 0 bridgehead atoms. The Kier molecular flexibility index (Phi) is 4.85. The van der Waals surface area contributed by atoms with Crippen LogP contribution in [0.3, 0.4) is 0 Å². The van der Waals surface area contributed by atoms with Crippen molar-refractivity contribution in [3.8, 4) is 0 Å². The van der Waals surface area contributed by atoms with Crippen LogP contribution in [0.4, 0.5) is 5.82 Å². The van der Waals surface area contributed by atoms with Gasteiger partial charge in [-0.05, 0) is 25.0 Å². The van der Waals surface area contributed by atoms with Crippen LogP contribution in [0.1, 0.15) is 12.8 Å². The van der Waals surface area contributed by atoms with Gasteiger partial charge >= 0.3 is 0 Å². The van der Waals surface area contributed by atoms with Gasteiger partial charge in [-0.25, -0.2) is 4.98 Å². The zero-order valence-electron chi connectivity index (χ0n) is 10.7. The van der Waals surface area contributed by atoms with Crippen molar-refractivity contribution < 1.29 is 14.3 Å². The van der Waals surface area contributed by atoms with Gasteiger partial charge in [0.15, 0.2) is 0 Å². The fourth-order valence-electron chi connectivity index (χ4n) is 1.90. The van der Waals surface area contributed by atoms with Crippen LogP contribution in [0.2, 0.25) is 0 Å². The van der Waals surface area contributed by atoms with E-state index in [1.807, 2.05) is 0 Å². The summed E-state index contributed by atoms with van der Waals surface area (Å²) in [7, 11) is 0. The number of nitrogens with one attached hydrogen (secondary N) is 1. The van der Waals surface area contributed by atoms with Gasteiger partial charge in [-0.3, -0.25) is 9.59 Å². The molecule has 0 aromatic carbocycles. The highest BCUT2D eigenvalue weighted by Crippen LogP contribution is 2.07. The molecule has 0 unspecified atom stereocenters. The summed E-state index contributed by atoms with van der Waals surface area (Å²) in [6, 6.07) is 5.23. The number of likely N-dealkylation sites (tertiary alicyclic amines) is 1. The summed E-state index contributed by atoms with van der Waals surface area (Å²) >= 11 is 0. The lowest BCUT2D eigenvalue weighted by Gasteiger charge is -2.14. The first-order chi connectivity index (χ1) is 9.25. The predicted molar refractivity (Wildman–Crippen MR) is 69.5 cm³/mol. The molecule has 6 heteroatoms. The first kappa shape index (κ1) is 13.5. The molecule has 102 valence electrons. The Bertz CT molecular complexity index is 430. The second-order valence-corrected chi connectivity index (χ2v) is 4.34. The summed E-state index contributed by atoms with van der Waals surface area (Å²) < 4.78 is 5.11. The molecule has 6 nitrogen and oxygen atoms in total. The maximum atomic E-state index is 11.6. The van der Waals surface area contributed by atoms with Crippen LogP contribution in [-0.4, -0.2) is 48.0 Å². The molecule has 1 aromatic rings. The molecule has 1 fully saturated rings. The van der Waals surface area contributed by atoms with E-state index in [-0.39, 0.29) is 25.0 Å². The maximum Gasteiger partial charge on any atom is 0.251 e. The quantitative estimate of drug-likeness (QED) is 0.847. The Labute approximate surface area is 111 Å². The number of ether oxygens (including phenoxy) is 1. The zero-order valence-corrected chi connectivity index (χ0v) is 10.7. The van der Waals surface area contributed by atoms with Gasteiger partial charge in [0.25, 0.3) is 5.91 Å². The smallest absolute Gasteiger partial charge is 0.251 e. The van der Waals surface area contributed by atoms with Gasteiger partial charge in [-0.15, -0.1) is 0 Å². The summed E-state index contributed by atoms with van der Waals surface area (Å²) in [5, 5.41) is 2.59. The first-order valence-corrected chi connectivity index (χ1v) is 6.32. The number of carbonyl (C=O) groups excluding carboxylic acids is 2. The molecule has 2 heterocycles. The lowest BCUT2D eigenvalue weighted by Crippen LogP contribution is -2.32. The highest BCUT2D eigenvalue weighted by Gasteiger charge is 2.17. The third kappa shape index (κ3) is 4.33. The van der Waals surface area contributed by atoms with Crippen molar-refractivity contribution in [1.82, 2.24) is 9.88 Å². The van der Waals surface area contributed by atoms with Crippen LogP contribution < -0.4 is 5.32 Å². The average molecular weight is 263 g/mol. The standard InChI is InChI=1S/C13H17N3O3/c17-12(15-11-5-1-2-6-14-11)9-19-10-13(18)16-7-3-4-8-16/h1-2,5-6H,3-4,7-10H2,(H,14,15,17). The largest absolute Gasteiger partial charge is 0.362 e. The Hall–Kier alpha value is -1.95. The Morgan fingerprint density at radius 1 is 1.26 bits per heavy atom. The van der Waals surface area contributed by atoms with Gasteiger partial charge in [-0.2, -0.15) is 0 Å².